The third kappa shape index (κ3) is 2.66. The van der Waals surface area contributed by atoms with Crippen LogP contribution in [0, 0.1) is 25.7 Å². The molecule has 4 unspecified atom stereocenters. The van der Waals surface area contributed by atoms with E-state index in [1.807, 2.05) is 39.8 Å². The van der Waals surface area contributed by atoms with E-state index < -0.39 is 0 Å². The fourth-order valence-corrected chi connectivity index (χ4v) is 2.88. The average Bonchev–Trinajstić information content (AvgIpc) is 2.60. The summed E-state index contributed by atoms with van der Waals surface area (Å²) in [7, 11) is 0. The molecule has 1 aromatic carbocycles. The van der Waals surface area contributed by atoms with Gasteiger partial charge < -0.3 is 15.8 Å². The number of hydrogen-bond donors (Lipinski definition) is 2. The lowest BCUT2D eigenvalue weighted by Crippen LogP contribution is -2.32. The average molecular weight is 276 g/mol. The Morgan fingerprint density at radius 1 is 1.15 bits per heavy atom. The molecule has 2 rings (SSSR count). The lowest BCUT2D eigenvalue weighted by Gasteiger charge is -2.19. The zero-order chi connectivity index (χ0) is 15.0. The van der Waals surface area contributed by atoms with Crippen molar-refractivity contribution in [3.63, 3.8) is 0 Å². The van der Waals surface area contributed by atoms with Gasteiger partial charge in [-0.25, -0.2) is 0 Å². The van der Waals surface area contributed by atoms with Gasteiger partial charge in [0.15, 0.2) is 0 Å². The molecule has 1 heterocycles. The number of nitrogens with one attached hydrogen (secondary N) is 1. The third-order valence-electron chi connectivity index (χ3n) is 4.47. The molecule has 1 aliphatic rings. The molecule has 0 saturated carbocycles. The molecule has 3 N–H and O–H groups in total. The van der Waals surface area contributed by atoms with Gasteiger partial charge in [-0.15, -0.1) is 0 Å². The Morgan fingerprint density at radius 2 is 1.75 bits per heavy atom. The Balaban J connectivity index is 2.18. The summed E-state index contributed by atoms with van der Waals surface area (Å²) in [5, 5.41) is 2.96. The number of anilines is 2. The van der Waals surface area contributed by atoms with E-state index >= 15 is 0 Å². The van der Waals surface area contributed by atoms with Crippen LogP contribution in [0.3, 0.4) is 0 Å². The van der Waals surface area contributed by atoms with Crippen LogP contribution in [0.15, 0.2) is 12.1 Å². The second-order valence-corrected chi connectivity index (χ2v) is 5.94. The maximum Gasteiger partial charge on any atom is 0.230 e. The molecular formula is C16H24N2O2. The van der Waals surface area contributed by atoms with Crippen LogP contribution in [0.4, 0.5) is 11.4 Å². The highest BCUT2D eigenvalue weighted by Crippen LogP contribution is 2.33. The summed E-state index contributed by atoms with van der Waals surface area (Å²) < 4.78 is 5.73. The summed E-state index contributed by atoms with van der Waals surface area (Å²) in [6, 6.07) is 3.82. The summed E-state index contributed by atoms with van der Waals surface area (Å²) in [6.45, 7) is 10.0. The molecule has 4 heteroatoms. The van der Waals surface area contributed by atoms with Crippen LogP contribution < -0.4 is 11.1 Å². The number of carbonyl (C=O) groups is 1. The lowest BCUT2D eigenvalue weighted by molar-refractivity contribution is -0.121. The number of rotatable bonds is 2. The molecule has 0 bridgehead atoms. The van der Waals surface area contributed by atoms with Crippen LogP contribution in [-0.2, 0) is 9.53 Å². The molecule has 4 nitrogen and oxygen atoms in total. The molecule has 0 aromatic heterocycles. The molecule has 1 aliphatic heterocycles. The predicted octanol–water partition coefficient (Wildman–Crippen LogP) is 2.88. The van der Waals surface area contributed by atoms with Gasteiger partial charge in [0.05, 0.1) is 29.5 Å². The van der Waals surface area contributed by atoms with Gasteiger partial charge >= 0.3 is 0 Å². The van der Waals surface area contributed by atoms with Crippen molar-refractivity contribution in [2.45, 2.75) is 46.8 Å². The number of hydrogen-bond acceptors (Lipinski definition) is 3. The molecule has 0 radical (unpaired) electrons. The topological polar surface area (TPSA) is 64.3 Å². The number of carbonyl (C=O) groups excluding carboxylic acids is 1. The van der Waals surface area contributed by atoms with E-state index in [0.29, 0.717) is 11.4 Å². The Hall–Kier alpha value is -1.55. The standard InChI is InChI=1S/C16H24N2O2/c1-8-6-13(17)14(7-9(8)2)18-16(19)15-10(3)11(4)20-12(15)5/h6-7,10-12,15H,17H2,1-5H3,(H,18,19). The van der Waals surface area contributed by atoms with E-state index in [2.05, 4.69) is 12.2 Å². The molecule has 0 spiro atoms. The Morgan fingerprint density at radius 3 is 2.30 bits per heavy atom. The SMILES string of the molecule is Cc1cc(N)c(NC(=O)C2C(C)OC(C)C2C)cc1C. The Kier molecular flexibility index (Phi) is 4.04. The third-order valence-corrected chi connectivity index (χ3v) is 4.47. The van der Waals surface area contributed by atoms with Crippen molar-refractivity contribution in [3.8, 4) is 0 Å². The highest BCUT2D eigenvalue weighted by atomic mass is 16.5. The van der Waals surface area contributed by atoms with Gasteiger partial charge in [-0.2, -0.15) is 0 Å². The normalized spacial score (nSPS) is 29.4. The molecule has 1 saturated heterocycles. The van der Waals surface area contributed by atoms with E-state index in [9.17, 15) is 4.79 Å². The van der Waals surface area contributed by atoms with Gasteiger partial charge in [-0.1, -0.05) is 6.92 Å². The van der Waals surface area contributed by atoms with Gasteiger partial charge in [-0.05, 0) is 56.9 Å². The Bertz CT molecular complexity index is 527. The van der Waals surface area contributed by atoms with Crippen molar-refractivity contribution in [2.24, 2.45) is 11.8 Å². The van der Waals surface area contributed by atoms with Crippen LogP contribution in [0.1, 0.15) is 31.9 Å². The molecule has 1 aromatic rings. The largest absolute Gasteiger partial charge is 0.397 e. The maximum absolute atomic E-state index is 12.5. The molecule has 1 amide bonds. The molecule has 1 fully saturated rings. The molecule has 20 heavy (non-hydrogen) atoms. The zero-order valence-electron chi connectivity index (χ0n) is 12.9. The predicted molar refractivity (Wildman–Crippen MR) is 81.6 cm³/mol. The molecular weight excluding hydrogens is 252 g/mol. The minimum atomic E-state index is -0.133. The quantitative estimate of drug-likeness (QED) is 0.816. The zero-order valence-corrected chi connectivity index (χ0v) is 12.9. The number of ether oxygens (including phenoxy) is 1. The second-order valence-electron chi connectivity index (χ2n) is 5.94. The number of benzene rings is 1. The second kappa shape index (κ2) is 5.44. The first-order valence-electron chi connectivity index (χ1n) is 7.14. The monoisotopic (exact) mass is 276 g/mol. The van der Waals surface area contributed by atoms with Crippen molar-refractivity contribution in [3.05, 3.63) is 23.3 Å². The van der Waals surface area contributed by atoms with Gasteiger partial charge in [0.1, 0.15) is 0 Å². The highest BCUT2D eigenvalue weighted by Gasteiger charge is 2.41. The van der Waals surface area contributed by atoms with Gasteiger partial charge in [0.25, 0.3) is 0 Å². The minimum Gasteiger partial charge on any atom is -0.397 e. The Labute approximate surface area is 120 Å². The first-order valence-corrected chi connectivity index (χ1v) is 7.14. The number of aryl methyl sites for hydroxylation is 2. The van der Waals surface area contributed by atoms with Gasteiger partial charge in [0, 0.05) is 0 Å². The molecule has 4 atom stereocenters. The number of nitrogen functional groups attached to an aromatic ring is 1. The van der Waals surface area contributed by atoms with Crippen molar-refractivity contribution >= 4 is 17.3 Å². The van der Waals surface area contributed by atoms with Crippen LogP contribution in [0.5, 0.6) is 0 Å². The fourth-order valence-electron chi connectivity index (χ4n) is 2.88. The first kappa shape index (κ1) is 14.9. The van der Waals surface area contributed by atoms with E-state index in [1.54, 1.807) is 0 Å². The van der Waals surface area contributed by atoms with E-state index in [-0.39, 0.29) is 30.0 Å². The van der Waals surface area contributed by atoms with E-state index in [4.69, 9.17) is 10.5 Å². The van der Waals surface area contributed by atoms with E-state index in [0.717, 1.165) is 11.1 Å². The van der Waals surface area contributed by atoms with Gasteiger partial charge in [0.2, 0.25) is 5.91 Å². The highest BCUT2D eigenvalue weighted by molar-refractivity contribution is 5.96. The summed E-state index contributed by atoms with van der Waals surface area (Å²) in [6.07, 6.45) is 0.0469. The van der Waals surface area contributed by atoms with Crippen molar-refractivity contribution < 1.29 is 9.53 Å². The summed E-state index contributed by atoms with van der Waals surface area (Å²) in [5.74, 6) is 0.0630. The van der Waals surface area contributed by atoms with Crippen LogP contribution >= 0.6 is 0 Å². The number of amides is 1. The van der Waals surface area contributed by atoms with Crippen LogP contribution in [0.2, 0.25) is 0 Å². The summed E-state index contributed by atoms with van der Waals surface area (Å²) in [5.41, 5.74) is 9.53. The minimum absolute atomic E-state index is 0.00990. The molecule has 110 valence electrons. The fraction of sp³-hybridized carbons (Fsp3) is 0.562. The van der Waals surface area contributed by atoms with Crippen molar-refractivity contribution in [1.29, 1.82) is 0 Å². The first-order chi connectivity index (χ1) is 9.31. The molecule has 0 aliphatic carbocycles. The summed E-state index contributed by atoms with van der Waals surface area (Å²) in [4.78, 5) is 12.5. The lowest BCUT2D eigenvalue weighted by atomic mass is 9.88. The van der Waals surface area contributed by atoms with Crippen LogP contribution in [-0.4, -0.2) is 18.1 Å². The summed E-state index contributed by atoms with van der Waals surface area (Å²) >= 11 is 0. The smallest absolute Gasteiger partial charge is 0.230 e. The van der Waals surface area contributed by atoms with Crippen molar-refractivity contribution in [2.75, 3.05) is 11.1 Å². The maximum atomic E-state index is 12.5. The van der Waals surface area contributed by atoms with Crippen LogP contribution in [0.25, 0.3) is 0 Å². The van der Waals surface area contributed by atoms with E-state index in [1.165, 1.54) is 0 Å². The van der Waals surface area contributed by atoms with Gasteiger partial charge in [-0.3, -0.25) is 4.79 Å². The number of nitrogens with two attached hydrogens (primary N) is 1. The van der Waals surface area contributed by atoms with Crippen molar-refractivity contribution in [1.82, 2.24) is 0 Å².